The van der Waals surface area contributed by atoms with Crippen LogP contribution in [0.3, 0.4) is 0 Å². The molecule has 1 aromatic rings. The molecule has 0 radical (unpaired) electrons. The van der Waals surface area contributed by atoms with E-state index in [1.165, 1.54) is 12.1 Å². The van der Waals surface area contributed by atoms with Crippen molar-refractivity contribution in [1.82, 2.24) is 9.80 Å². The number of nitrogens with two attached hydrogens (primary N) is 1. The highest BCUT2D eigenvalue weighted by Crippen LogP contribution is 2.23. The molecule has 0 fully saturated rings. The van der Waals surface area contributed by atoms with Crippen LogP contribution in [0.4, 0.5) is 4.39 Å². The first-order chi connectivity index (χ1) is 8.43. The molecule has 3 nitrogen and oxygen atoms in total. The SMILES string of the molecule is CN(C)CCN(C)C(CN)c1cc(F)cc(Cl)c1. The van der Waals surface area contributed by atoms with E-state index in [0.717, 1.165) is 18.7 Å². The lowest BCUT2D eigenvalue weighted by Gasteiger charge is -2.28. The number of benzene rings is 1. The summed E-state index contributed by atoms with van der Waals surface area (Å²) in [6, 6.07) is 4.56. The van der Waals surface area contributed by atoms with Crippen molar-refractivity contribution in [2.24, 2.45) is 5.73 Å². The van der Waals surface area contributed by atoms with E-state index >= 15 is 0 Å². The molecule has 0 bridgehead atoms. The fourth-order valence-electron chi connectivity index (χ4n) is 1.85. The number of likely N-dealkylation sites (N-methyl/N-ethyl adjacent to an activating group) is 2. The van der Waals surface area contributed by atoms with Crippen LogP contribution >= 0.6 is 11.6 Å². The Morgan fingerprint density at radius 1 is 1.22 bits per heavy atom. The van der Waals surface area contributed by atoms with E-state index in [1.807, 2.05) is 21.1 Å². The number of hydrogen-bond donors (Lipinski definition) is 1. The predicted molar refractivity (Wildman–Crippen MR) is 74.4 cm³/mol. The second kappa shape index (κ2) is 7.04. The van der Waals surface area contributed by atoms with Crippen LogP contribution < -0.4 is 5.73 Å². The molecule has 1 atom stereocenters. The Balaban J connectivity index is 2.81. The Labute approximate surface area is 113 Å². The maximum absolute atomic E-state index is 13.4. The zero-order chi connectivity index (χ0) is 13.7. The summed E-state index contributed by atoms with van der Waals surface area (Å²) >= 11 is 5.88. The van der Waals surface area contributed by atoms with Crippen LogP contribution in [0.5, 0.6) is 0 Å². The topological polar surface area (TPSA) is 32.5 Å². The lowest BCUT2D eigenvalue weighted by Crippen LogP contribution is -2.35. The maximum Gasteiger partial charge on any atom is 0.125 e. The van der Waals surface area contributed by atoms with E-state index in [-0.39, 0.29) is 11.9 Å². The molecule has 0 saturated heterocycles. The number of hydrogen-bond acceptors (Lipinski definition) is 3. The monoisotopic (exact) mass is 273 g/mol. The number of nitrogens with zero attached hydrogens (tertiary/aromatic N) is 2. The van der Waals surface area contributed by atoms with Gasteiger partial charge >= 0.3 is 0 Å². The molecule has 1 unspecified atom stereocenters. The Bertz CT molecular complexity index is 364. The minimum Gasteiger partial charge on any atom is -0.329 e. The highest BCUT2D eigenvalue weighted by atomic mass is 35.5. The number of rotatable bonds is 6. The molecule has 1 rings (SSSR count). The van der Waals surface area contributed by atoms with Crippen LogP contribution in [0.1, 0.15) is 11.6 Å². The molecule has 0 heterocycles. The van der Waals surface area contributed by atoms with Gasteiger partial charge in [0.2, 0.25) is 0 Å². The average Bonchev–Trinajstić information content (AvgIpc) is 2.26. The molecule has 0 aromatic heterocycles. The molecule has 2 N–H and O–H groups in total. The van der Waals surface area contributed by atoms with Crippen LogP contribution in [-0.4, -0.2) is 50.6 Å². The summed E-state index contributed by atoms with van der Waals surface area (Å²) in [6.07, 6.45) is 0. The highest BCUT2D eigenvalue weighted by molar-refractivity contribution is 6.30. The van der Waals surface area contributed by atoms with Gasteiger partial charge in [-0.1, -0.05) is 11.6 Å². The van der Waals surface area contributed by atoms with Crippen molar-refractivity contribution in [3.05, 3.63) is 34.6 Å². The minimum absolute atomic E-state index is 0.0156. The highest BCUT2D eigenvalue weighted by Gasteiger charge is 2.16. The van der Waals surface area contributed by atoms with Gasteiger partial charge in [0.15, 0.2) is 0 Å². The van der Waals surface area contributed by atoms with Gasteiger partial charge in [0, 0.05) is 30.7 Å². The van der Waals surface area contributed by atoms with Gasteiger partial charge in [-0.25, -0.2) is 4.39 Å². The average molecular weight is 274 g/mol. The van der Waals surface area contributed by atoms with Gasteiger partial charge in [-0.3, -0.25) is 4.90 Å². The van der Waals surface area contributed by atoms with E-state index in [9.17, 15) is 4.39 Å². The van der Waals surface area contributed by atoms with Crippen molar-refractivity contribution in [3.8, 4) is 0 Å². The van der Waals surface area contributed by atoms with Gasteiger partial charge in [-0.2, -0.15) is 0 Å². The molecule has 0 saturated carbocycles. The lowest BCUT2D eigenvalue weighted by molar-refractivity contribution is 0.222. The van der Waals surface area contributed by atoms with Gasteiger partial charge in [0.1, 0.15) is 5.82 Å². The standard InChI is InChI=1S/C13H21ClFN3/c1-17(2)4-5-18(3)13(9-16)10-6-11(14)8-12(15)7-10/h6-8,13H,4-5,9,16H2,1-3H3. The smallest absolute Gasteiger partial charge is 0.125 e. The fourth-order valence-corrected chi connectivity index (χ4v) is 2.08. The first-order valence-electron chi connectivity index (χ1n) is 5.95. The van der Waals surface area contributed by atoms with Crippen molar-refractivity contribution in [2.75, 3.05) is 40.8 Å². The molecule has 18 heavy (non-hydrogen) atoms. The summed E-state index contributed by atoms with van der Waals surface area (Å²) in [5, 5.41) is 0.407. The summed E-state index contributed by atoms with van der Waals surface area (Å²) in [5.41, 5.74) is 6.61. The van der Waals surface area contributed by atoms with Crippen molar-refractivity contribution < 1.29 is 4.39 Å². The quantitative estimate of drug-likeness (QED) is 0.860. The summed E-state index contributed by atoms with van der Waals surface area (Å²) in [7, 11) is 6.02. The van der Waals surface area contributed by atoms with Crippen LogP contribution in [0, 0.1) is 5.82 Å². The van der Waals surface area contributed by atoms with Gasteiger partial charge in [-0.15, -0.1) is 0 Å². The van der Waals surface area contributed by atoms with Crippen LogP contribution in [-0.2, 0) is 0 Å². The summed E-state index contributed by atoms with van der Waals surface area (Å²) in [5.74, 6) is -0.322. The fraction of sp³-hybridized carbons (Fsp3) is 0.538. The molecule has 0 aliphatic heterocycles. The molecule has 0 amide bonds. The molecule has 5 heteroatoms. The summed E-state index contributed by atoms with van der Waals surface area (Å²) in [4.78, 5) is 4.22. The summed E-state index contributed by atoms with van der Waals surface area (Å²) in [6.45, 7) is 2.22. The minimum atomic E-state index is -0.322. The maximum atomic E-state index is 13.4. The van der Waals surface area contributed by atoms with Gasteiger partial charge in [-0.05, 0) is 44.9 Å². The van der Waals surface area contributed by atoms with Crippen molar-refractivity contribution >= 4 is 11.6 Å². The second-order valence-corrected chi connectivity index (χ2v) is 5.17. The Morgan fingerprint density at radius 2 is 1.89 bits per heavy atom. The van der Waals surface area contributed by atoms with Gasteiger partial charge in [0.05, 0.1) is 0 Å². The molecule has 1 aromatic carbocycles. The van der Waals surface area contributed by atoms with Gasteiger partial charge in [0.25, 0.3) is 0 Å². The van der Waals surface area contributed by atoms with E-state index < -0.39 is 0 Å². The predicted octanol–water partition coefficient (Wildman–Crippen LogP) is 1.97. The lowest BCUT2D eigenvalue weighted by atomic mass is 10.1. The third kappa shape index (κ3) is 4.53. The Kier molecular flexibility index (Phi) is 6.02. The third-order valence-electron chi connectivity index (χ3n) is 2.92. The van der Waals surface area contributed by atoms with E-state index in [2.05, 4.69) is 9.80 Å². The normalized spacial score (nSPS) is 13.3. The third-order valence-corrected chi connectivity index (χ3v) is 3.14. The van der Waals surface area contributed by atoms with Crippen LogP contribution in [0.25, 0.3) is 0 Å². The van der Waals surface area contributed by atoms with E-state index in [4.69, 9.17) is 17.3 Å². The second-order valence-electron chi connectivity index (χ2n) is 4.74. The zero-order valence-electron chi connectivity index (χ0n) is 11.2. The zero-order valence-corrected chi connectivity index (χ0v) is 11.9. The van der Waals surface area contributed by atoms with Crippen LogP contribution in [0.2, 0.25) is 5.02 Å². The largest absolute Gasteiger partial charge is 0.329 e. The van der Waals surface area contributed by atoms with Crippen molar-refractivity contribution in [3.63, 3.8) is 0 Å². The Hall–Kier alpha value is -0.680. The molecule has 102 valence electrons. The van der Waals surface area contributed by atoms with E-state index in [1.54, 1.807) is 6.07 Å². The molecular weight excluding hydrogens is 253 g/mol. The van der Waals surface area contributed by atoms with Crippen molar-refractivity contribution in [2.45, 2.75) is 6.04 Å². The molecule has 0 aliphatic carbocycles. The molecular formula is C13H21ClFN3. The first-order valence-corrected chi connectivity index (χ1v) is 6.33. The molecule has 0 aliphatic rings. The summed E-state index contributed by atoms with van der Waals surface area (Å²) < 4.78 is 13.4. The van der Waals surface area contributed by atoms with Crippen molar-refractivity contribution in [1.29, 1.82) is 0 Å². The molecule has 0 spiro atoms. The van der Waals surface area contributed by atoms with Crippen LogP contribution in [0.15, 0.2) is 18.2 Å². The first kappa shape index (κ1) is 15.4. The van der Waals surface area contributed by atoms with E-state index in [0.29, 0.717) is 11.6 Å². The van der Waals surface area contributed by atoms with Gasteiger partial charge < -0.3 is 10.6 Å². The number of halogens is 2. The Morgan fingerprint density at radius 3 is 2.39 bits per heavy atom.